The van der Waals surface area contributed by atoms with Crippen LogP contribution in [0.1, 0.15) is 118 Å². The number of ether oxygens (including phenoxy) is 7. The highest BCUT2D eigenvalue weighted by Gasteiger charge is 2.67. The molecule has 0 aromatic carbocycles. The summed E-state index contributed by atoms with van der Waals surface area (Å²) >= 11 is 0. The van der Waals surface area contributed by atoms with Crippen LogP contribution in [0.25, 0.3) is 0 Å². The number of hydrogen-bond donors (Lipinski definition) is 1. The third-order valence-corrected chi connectivity index (χ3v) is 14.5. The standard InChI is InChI=1S/C45H70O8/c1-10-13-31(46)22-34-29(8)37(19-25(4)12-3)49-39(34)23-38-28(7)26(5)20-32(48-38)15-16-35-27(6)21-33(47-35)17-18-45-24-40-42(53-45)44-43(51-40)41(52-45)30(9)36(50-44)14-11-2/h10-11,25-26,29-44,46H,1-2,6-7,12-24H2,3-5,8-9H3/t25-,26-,29-,30?,31?,32+,33+,34-,35?,36+,37-,38?,39+,40-,41+,42+,43+,44+,45-/m1/s1. The van der Waals surface area contributed by atoms with Gasteiger partial charge in [-0.1, -0.05) is 66.3 Å². The van der Waals surface area contributed by atoms with E-state index in [1.165, 1.54) is 11.1 Å². The minimum Gasteiger partial charge on any atom is -0.393 e. The van der Waals surface area contributed by atoms with Crippen molar-refractivity contribution in [3.63, 3.8) is 0 Å². The highest BCUT2D eigenvalue weighted by molar-refractivity contribution is 5.14. The van der Waals surface area contributed by atoms with Gasteiger partial charge >= 0.3 is 0 Å². The van der Waals surface area contributed by atoms with Crippen LogP contribution in [0.4, 0.5) is 0 Å². The fraction of sp³-hybridized carbons (Fsp3) is 0.822. The van der Waals surface area contributed by atoms with Crippen molar-refractivity contribution in [3.8, 4) is 0 Å². The van der Waals surface area contributed by atoms with Crippen molar-refractivity contribution >= 4 is 0 Å². The highest BCUT2D eigenvalue weighted by atomic mass is 16.8. The fourth-order valence-corrected chi connectivity index (χ4v) is 11.0. The molecule has 0 aliphatic carbocycles. The average Bonchev–Trinajstić information content (AvgIpc) is 3.79. The third-order valence-electron chi connectivity index (χ3n) is 14.5. The van der Waals surface area contributed by atoms with E-state index in [0.29, 0.717) is 24.2 Å². The van der Waals surface area contributed by atoms with Crippen LogP contribution in [-0.2, 0) is 33.2 Å². The smallest absolute Gasteiger partial charge is 0.172 e. The Bertz CT molecular complexity index is 1320. The van der Waals surface area contributed by atoms with Crippen molar-refractivity contribution in [2.45, 2.75) is 203 Å². The van der Waals surface area contributed by atoms with E-state index in [4.69, 9.17) is 33.2 Å². The molecule has 4 unspecified atom stereocenters. The van der Waals surface area contributed by atoms with Crippen LogP contribution in [-0.4, -0.2) is 90.2 Å². The zero-order valence-corrected chi connectivity index (χ0v) is 33.4. The van der Waals surface area contributed by atoms with E-state index in [-0.39, 0.29) is 85.1 Å². The molecule has 8 heteroatoms. The van der Waals surface area contributed by atoms with Crippen LogP contribution >= 0.6 is 0 Å². The quantitative estimate of drug-likeness (QED) is 0.149. The van der Waals surface area contributed by atoms with E-state index >= 15 is 0 Å². The van der Waals surface area contributed by atoms with Crippen LogP contribution in [0.15, 0.2) is 49.6 Å². The average molecular weight is 739 g/mol. The van der Waals surface area contributed by atoms with Crippen LogP contribution in [0.3, 0.4) is 0 Å². The zero-order chi connectivity index (χ0) is 37.6. The predicted octanol–water partition coefficient (Wildman–Crippen LogP) is 8.41. The summed E-state index contributed by atoms with van der Waals surface area (Å²) < 4.78 is 47.1. The Morgan fingerprint density at radius 1 is 0.811 bits per heavy atom. The van der Waals surface area contributed by atoms with Gasteiger partial charge in [-0.2, -0.15) is 0 Å². The first kappa shape index (κ1) is 39.9. The Morgan fingerprint density at radius 2 is 1.57 bits per heavy atom. The van der Waals surface area contributed by atoms with Gasteiger partial charge in [0.1, 0.15) is 18.3 Å². The second-order valence-corrected chi connectivity index (χ2v) is 18.3. The van der Waals surface area contributed by atoms with E-state index in [1.54, 1.807) is 0 Å². The van der Waals surface area contributed by atoms with Gasteiger partial charge < -0.3 is 38.3 Å². The largest absolute Gasteiger partial charge is 0.393 e. The summed E-state index contributed by atoms with van der Waals surface area (Å²) in [6.45, 7) is 28.2. The van der Waals surface area contributed by atoms with Crippen molar-refractivity contribution in [2.24, 2.45) is 29.6 Å². The van der Waals surface area contributed by atoms with Gasteiger partial charge in [0, 0.05) is 25.2 Å². The summed E-state index contributed by atoms with van der Waals surface area (Å²) in [5.74, 6) is 1.22. The van der Waals surface area contributed by atoms with Crippen LogP contribution < -0.4 is 0 Å². The van der Waals surface area contributed by atoms with E-state index < -0.39 is 11.9 Å². The molecular weight excluding hydrogens is 668 g/mol. The predicted molar refractivity (Wildman–Crippen MR) is 206 cm³/mol. The van der Waals surface area contributed by atoms with Crippen molar-refractivity contribution < 1.29 is 38.3 Å². The molecule has 0 radical (unpaired) electrons. The molecule has 6 bridgehead atoms. The molecule has 8 heterocycles. The summed E-state index contributed by atoms with van der Waals surface area (Å²) in [7, 11) is 0. The Labute approximate surface area is 320 Å². The van der Waals surface area contributed by atoms with E-state index in [1.807, 2.05) is 12.2 Å². The summed E-state index contributed by atoms with van der Waals surface area (Å²) in [4.78, 5) is 0. The van der Waals surface area contributed by atoms with Crippen molar-refractivity contribution in [3.05, 3.63) is 49.6 Å². The summed E-state index contributed by atoms with van der Waals surface area (Å²) in [6.07, 6.45) is 14.9. The maximum Gasteiger partial charge on any atom is 0.172 e. The van der Waals surface area contributed by atoms with Gasteiger partial charge in [-0.3, -0.25) is 0 Å². The molecule has 0 aromatic rings. The van der Waals surface area contributed by atoms with Crippen LogP contribution in [0.2, 0.25) is 0 Å². The van der Waals surface area contributed by atoms with Gasteiger partial charge in [0.15, 0.2) is 5.79 Å². The molecular formula is C45H70O8. The molecule has 8 saturated heterocycles. The molecule has 8 aliphatic heterocycles. The SMILES string of the molecule is C=CCC(O)C[C@@H]1[C@@H](C)[C@@H](C[C@H](C)CC)O[C@H]1CC1O[C@@H](CCC2O[C@@H](CC[C@@]34C[C@H]5O[C@@H]6[C@@H](O[C@@H](CC=C)C(C)[C@@H]6O3)[C@H]5O4)CC2=C)C[C@@H](C)C1=C. The first-order chi connectivity index (χ1) is 25.4. The summed E-state index contributed by atoms with van der Waals surface area (Å²) in [5, 5.41) is 10.8. The Balaban J connectivity index is 0.921. The first-order valence-corrected chi connectivity index (χ1v) is 21.3. The molecule has 0 saturated carbocycles. The maximum absolute atomic E-state index is 10.8. The van der Waals surface area contributed by atoms with Crippen molar-refractivity contribution in [1.29, 1.82) is 0 Å². The molecule has 19 atom stereocenters. The second-order valence-electron chi connectivity index (χ2n) is 18.3. The van der Waals surface area contributed by atoms with Crippen molar-refractivity contribution in [2.75, 3.05) is 0 Å². The van der Waals surface area contributed by atoms with Crippen LogP contribution in [0.5, 0.6) is 0 Å². The number of aliphatic hydroxyl groups is 1. The monoisotopic (exact) mass is 739 g/mol. The highest BCUT2D eigenvalue weighted by Crippen LogP contribution is 2.54. The molecule has 0 spiro atoms. The lowest BCUT2D eigenvalue weighted by Gasteiger charge is -2.42. The van der Waals surface area contributed by atoms with Gasteiger partial charge in [0.25, 0.3) is 0 Å². The lowest BCUT2D eigenvalue weighted by atomic mass is 9.78. The van der Waals surface area contributed by atoms with Gasteiger partial charge in [0.2, 0.25) is 0 Å². The minimum absolute atomic E-state index is 0.0271. The van der Waals surface area contributed by atoms with Crippen molar-refractivity contribution in [1.82, 2.24) is 0 Å². The molecule has 0 aromatic heterocycles. The summed E-state index contributed by atoms with van der Waals surface area (Å²) in [5.41, 5.74) is 2.36. The normalized spacial score (nSPS) is 47.2. The molecule has 298 valence electrons. The Hall–Kier alpha value is -1.36. The van der Waals surface area contributed by atoms with Gasteiger partial charge in [-0.25, -0.2) is 0 Å². The number of rotatable bonds is 17. The van der Waals surface area contributed by atoms with Gasteiger partial charge in [-0.05, 0) is 92.6 Å². The maximum atomic E-state index is 10.8. The van der Waals surface area contributed by atoms with E-state index in [2.05, 4.69) is 60.9 Å². The minimum atomic E-state index is -0.645. The molecule has 0 amide bonds. The van der Waals surface area contributed by atoms with E-state index in [0.717, 1.165) is 77.0 Å². The molecule has 1 N–H and O–H groups in total. The first-order valence-electron chi connectivity index (χ1n) is 21.3. The fourth-order valence-electron chi connectivity index (χ4n) is 11.0. The number of aliphatic hydroxyl groups excluding tert-OH is 1. The molecule has 53 heavy (non-hydrogen) atoms. The lowest BCUT2D eigenvalue weighted by molar-refractivity contribution is -0.262. The molecule has 8 aliphatic rings. The van der Waals surface area contributed by atoms with Crippen LogP contribution in [0, 0.1) is 29.6 Å². The topological polar surface area (TPSA) is 84.8 Å². The van der Waals surface area contributed by atoms with E-state index in [9.17, 15) is 5.11 Å². The summed E-state index contributed by atoms with van der Waals surface area (Å²) in [6, 6.07) is 0. The molecule has 8 nitrogen and oxygen atoms in total. The van der Waals surface area contributed by atoms with Gasteiger partial charge in [0.05, 0.1) is 61.0 Å². The third kappa shape index (κ3) is 8.23. The Morgan fingerprint density at radius 3 is 2.32 bits per heavy atom. The number of hydrogen-bond acceptors (Lipinski definition) is 8. The molecule has 8 rings (SSSR count). The second kappa shape index (κ2) is 16.6. The van der Waals surface area contributed by atoms with Gasteiger partial charge in [-0.15, -0.1) is 13.2 Å². The lowest BCUT2D eigenvalue weighted by Crippen LogP contribution is -2.54. The molecule has 8 fully saturated rings. The zero-order valence-electron chi connectivity index (χ0n) is 33.4. The Kier molecular flexibility index (Phi) is 12.5.